The molecule has 0 atom stereocenters. The highest BCUT2D eigenvalue weighted by Crippen LogP contribution is 2.14. The predicted octanol–water partition coefficient (Wildman–Crippen LogP) is 2.03. The van der Waals surface area contributed by atoms with Crippen LogP contribution in [0.15, 0.2) is 18.2 Å². The van der Waals surface area contributed by atoms with Crippen molar-refractivity contribution in [1.29, 1.82) is 0 Å². The van der Waals surface area contributed by atoms with E-state index in [0.29, 0.717) is 5.69 Å². The summed E-state index contributed by atoms with van der Waals surface area (Å²) in [6, 6.07) is 5.47. The van der Waals surface area contributed by atoms with E-state index in [1.807, 2.05) is 19.1 Å². The van der Waals surface area contributed by atoms with Gasteiger partial charge in [-0.25, -0.2) is 0 Å². The van der Waals surface area contributed by atoms with Gasteiger partial charge in [-0.05, 0) is 31.0 Å². The summed E-state index contributed by atoms with van der Waals surface area (Å²) in [5, 5.41) is 0. The monoisotopic (exact) mass is 163 g/mol. The first-order valence-corrected chi connectivity index (χ1v) is 4.04. The third-order valence-corrected chi connectivity index (χ3v) is 1.89. The van der Waals surface area contributed by atoms with Crippen LogP contribution in [0.25, 0.3) is 0 Å². The van der Waals surface area contributed by atoms with Crippen molar-refractivity contribution in [2.45, 2.75) is 20.3 Å². The molecule has 0 saturated heterocycles. The molecule has 1 aromatic carbocycles. The standard InChI is InChI=1S/C10H13NO/c1-3-8-4-5-9(11)6-10(8)7(2)12/h4-6H,3,11H2,1-2H3. The Morgan fingerprint density at radius 1 is 1.50 bits per heavy atom. The number of carbonyl (C=O) groups excluding carboxylic acids is 1. The minimum absolute atomic E-state index is 0.0825. The van der Waals surface area contributed by atoms with Gasteiger partial charge in [0.15, 0.2) is 5.78 Å². The Hall–Kier alpha value is -1.31. The van der Waals surface area contributed by atoms with Crippen molar-refractivity contribution in [3.05, 3.63) is 29.3 Å². The van der Waals surface area contributed by atoms with Gasteiger partial charge < -0.3 is 5.73 Å². The van der Waals surface area contributed by atoms with Gasteiger partial charge in [-0.3, -0.25) is 4.79 Å². The Morgan fingerprint density at radius 2 is 2.17 bits per heavy atom. The molecule has 0 aliphatic carbocycles. The van der Waals surface area contributed by atoms with Gasteiger partial charge in [0.1, 0.15) is 0 Å². The van der Waals surface area contributed by atoms with Gasteiger partial charge in [0.05, 0.1) is 0 Å². The highest BCUT2D eigenvalue weighted by Gasteiger charge is 2.04. The first-order chi connectivity index (χ1) is 5.65. The Labute approximate surface area is 72.4 Å². The minimum Gasteiger partial charge on any atom is -0.399 e. The maximum Gasteiger partial charge on any atom is 0.160 e. The lowest BCUT2D eigenvalue weighted by molar-refractivity contribution is 0.101. The maximum absolute atomic E-state index is 11.1. The summed E-state index contributed by atoms with van der Waals surface area (Å²) in [6.07, 6.45) is 0.870. The summed E-state index contributed by atoms with van der Waals surface area (Å²) in [7, 11) is 0. The number of hydrogen-bond acceptors (Lipinski definition) is 2. The van der Waals surface area contributed by atoms with Crippen LogP contribution in [0.5, 0.6) is 0 Å². The molecule has 0 aromatic heterocycles. The number of carbonyl (C=O) groups is 1. The number of anilines is 1. The van der Waals surface area contributed by atoms with E-state index in [-0.39, 0.29) is 5.78 Å². The lowest BCUT2D eigenvalue weighted by atomic mass is 10.0. The van der Waals surface area contributed by atoms with Crippen LogP contribution in [-0.2, 0) is 6.42 Å². The number of nitrogens with two attached hydrogens (primary N) is 1. The zero-order chi connectivity index (χ0) is 9.14. The second kappa shape index (κ2) is 3.39. The lowest BCUT2D eigenvalue weighted by Crippen LogP contribution is -2.00. The minimum atomic E-state index is 0.0825. The van der Waals surface area contributed by atoms with Gasteiger partial charge >= 0.3 is 0 Å². The molecule has 0 aliphatic rings. The first-order valence-electron chi connectivity index (χ1n) is 4.04. The Balaban J connectivity index is 3.21. The fraction of sp³-hybridized carbons (Fsp3) is 0.300. The number of hydrogen-bond donors (Lipinski definition) is 1. The predicted molar refractivity (Wildman–Crippen MR) is 50.2 cm³/mol. The topological polar surface area (TPSA) is 43.1 Å². The van der Waals surface area contributed by atoms with Gasteiger partial charge in [-0.2, -0.15) is 0 Å². The number of benzene rings is 1. The summed E-state index contributed by atoms with van der Waals surface area (Å²) in [4.78, 5) is 11.1. The molecule has 0 radical (unpaired) electrons. The van der Waals surface area contributed by atoms with E-state index in [1.54, 1.807) is 13.0 Å². The molecule has 1 rings (SSSR count). The van der Waals surface area contributed by atoms with E-state index in [0.717, 1.165) is 17.5 Å². The molecule has 0 fully saturated rings. The molecule has 0 unspecified atom stereocenters. The molecule has 2 nitrogen and oxygen atoms in total. The molecule has 2 heteroatoms. The van der Waals surface area contributed by atoms with E-state index in [2.05, 4.69) is 0 Å². The molecular weight excluding hydrogens is 150 g/mol. The average Bonchev–Trinajstić information content (AvgIpc) is 2.04. The van der Waals surface area contributed by atoms with Crippen molar-refractivity contribution >= 4 is 11.5 Å². The molecule has 1 aromatic rings. The summed E-state index contributed by atoms with van der Waals surface area (Å²) < 4.78 is 0. The van der Waals surface area contributed by atoms with Crippen molar-refractivity contribution in [2.75, 3.05) is 5.73 Å². The molecule has 0 saturated carbocycles. The highest BCUT2D eigenvalue weighted by atomic mass is 16.1. The van der Waals surface area contributed by atoms with Gasteiger partial charge in [-0.1, -0.05) is 13.0 Å². The van der Waals surface area contributed by atoms with E-state index in [4.69, 9.17) is 5.73 Å². The SMILES string of the molecule is CCc1ccc(N)cc1C(C)=O. The van der Waals surface area contributed by atoms with Gasteiger partial charge in [0.25, 0.3) is 0 Å². The van der Waals surface area contributed by atoms with Crippen LogP contribution in [0, 0.1) is 0 Å². The molecule has 64 valence electrons. The smallest absolute Gasteiger partial charge is 0.160 e. The van der Waals surface area contributed by atoms with Crippen LogP contribution < -0.4 is 5.73 Å². The van der Waals surface area contributed by atoms with Crippen LogP contribution in [0.3, 0.4) is 0 Å². The normalized spacial score (nSPS) is 9.83. The van der Waals surface area contributed by atoms with Crippen molar-refractivity contribution < 1.29 is 4.79 Å². The van der Waals surface area contributed by atoms with Crippen LogP contribution in [0.1, 0.15) is 29.8 Å². The molecular formula is C10H13NO. The average molecular weight is 163 g/mol. The van der Waals surface area contributed by atoms with Crippen LogP contribution in [-0.4, -0.2) is 5.78 Å². The van der Waals surface area contributed by atoms with Gasteiger partial charge in [0, 0.05) is 11.3 Å². The van der Waals surface area contributed by atoms with Crippen LogP contribution in [0.2, 0.25) is 0 Å². The van der Waals surface area contributed by atoms with Crippen molar-refractivity contribution in [2.24, 2.45) is 0 Å². The largest absolute Gasteiger partial charge is 0.399 e. The first kappa shape index (κ1) is 8.78. The zero-order valence-electron chi connectivity index (χ0n) is 7.42. The molecule has 0 amide bonds. The third-order valence-electron chi connectivity index (χ3n) is 1.89. The Morgan fingerprint density at radius 3 is 2.67 bits per heavy atom. The number of ketones is 1. The Kier molecular flexibility index (Phi) is 2.48. The molecule has 0 aliphatic heterocycles. The van der Waals surface area contributed by atoms with E-state index < -0.39 is 0 Å². The summed E-state index contributed by atoms with van der Waals surface area (Å²) in [5.74, 6) is 0.0825. The highest BCUT2D eigenvalue weighted by molar-refractivity contribution is 5.96. The second-order valence-corrected chi connectivity index (χ2v) is 2.83. The maximum atomic E-state index is 11.1. The van der Waals surface area contributed by atoms with Gasteiger partial charge in [0.2, 0.25) is 0 Å². The van der Waals surface area contributed by atoms with Gasteiger partial charge in [-0.15, -0.1) is 0 Å². The summed E-state index contributed by atoms with van der Waals surface area (Å²) >= 11 is 0. The van der Waals surface area contributed by atoms with Crippen LogP contribution >= 0.6 is 0 Å². The van der Waals surface area contributed by atoms with E-state index in [9.17, 15) is 4.79 Å². The third kappa shape index (κ3) is 1.64. The molecule has 2 N–H and O–H groups in total. The molecule has 0 spiro atoms. The fourth-order valence-corrected chi connectivity index (χ4v) is 1.23. The number of Topliss-reactive ketones (excluding diaryl/α,β-unsaturated/α-hetero) is 1. The fourth-order valence-electron chi connectivity index (χ4n) is 1.23. The number of nitrogen functional groups attached to an aromatic ring is 1. The molecule has 12 heavy (non-hydrogen) atoms. The zero-order valence-corrected chi connectivity index (χ0v) is 7.42. The van der Waals surface area contributed by atoms with Crippen molar-refractivity contribution in [3.63, 3.8) is 0 Å². The number of rotatable bonds is 2. The molecule has 0 bridgehead atoms. The van der Waals surface area contributed by atoms with E-state index >= 15 is 0 Å². The number of aryl methyl sites for hydroxylation is 1. The van der Waals surface area contributed by atoms with E-state index in [1.165, 1.54) is 0 Å². The van der Waals surface area contributed by atoms with Crippen LogP contribution in [0.4, 0.5) is 5.69 Å². The summed E-state index contributed by atoms with van der Waals surface area (Å²) in [5.41, 5.74) is 8.03. The van der Waals surface area contributed by atoms with Crippen molar-refractivity contribution in [3.8, 4) is 0 Å². The quantitative estimate of drug-likeness (QED) is 0.535. The second-order valence-electron chi connectivity index (χ2n) is 2.83. The Bertz CT molecular complexity index is 305. The van der Waals surface area contributed by atoms with Crippen molar-refractivity contribution in [1.82, 2.24) is 0 Å². The lowest BCUT2D eigenvalue weighted by Gasteiger charge is -2.04. The molecule has 0 heterocycles. The summed E-state index contributed by atoms with van der Waals surface area (Å²) in [6.45, 7) is 3.59.